The second-order valence-corrected chi connectivity index (χ2v) is 2.14. The van der Waals surface area contributed by atoms with Gasteiger partial charge in [0.05, 0.1) is 19.2 Å². The van der Waals surface area contributed by atoms with Crippen LogP contribution in [-0.2, 0) is 6.42 Å². The van der Waals surface area contributed by atoms with Crippen molar-refractivity contribution < 1.29 is 4.42 Å². The van der Waals surface area contributed by atoms with Crippen LogP contribution in [0.5, 0.6) is 0 Å². The fraction of sp³-hybridized carbons (Fsp3) is 0.333. The van der Waals surface area contributed by atoms with Crippen molar-refractivity contribution in [1.29, 1.82) is 0 Å². The van der Waals surface area contributed by atoms with Crippen molar-refractivity contribution in [3.63, 3.8) is 0 Å². The molecule has 1 aromatic heterocycles. The first-order valence-corrected chi connectivity index (χ1v) is 3.56. The smallest absolute Gasteiger partial charge is 0.115 e. The predicted octanol–water partition coefficient (Wildman–Crippen LogP) is 1.04. The normalized spacial score (nSPS) is 8.82. The van der Waals surface area contributed by atoms with E-state index in [0.717, 1.165) is 12.3 Å². The Balaban J connectivity index is 2.30. The van der Waals surface area contributed by atoms with Crippen LogP contribution in [0.15, 0.2) is 22.8 Å². The first kappa shape index (κ1) is 7.90. The van der Waals surface area contributed by atoms with Crippen molar-refractivity contribution >= 4 is 0 Å². The van der Waals surface area contributed by atoms with Gasteiger partial charge in [0, 0.05) is 0 Å². The van der Waals surface area contributed by atoms with E-state index >= 15 is 0 Å². The molecule has 0 radical (unpaired) electrons. The molecule has 2 heteroatoms. The van der Waals surface area contributed by atoms with Gasteiger partial charge in [-0.2, -0.15) is 0 Å². The summed E-state index contributed by atoms with van der Waals surface area (Å²) in [4.78, 5) is 0. The summed E-state index contributed by atoms with van der Waals surface area (Å²) in [6, 6.07) is 3.79. The molecule has 0 unspecified atom stereocenters. The molecular formula is C9H11NO. The second kappa shape index (κ2) is 4.59. The highest BCUT2D eigenvalue weighted by atomic mass is 16.3. The minimum absolute atomic E-state index is 0.703. The van der Waals surface area contributed by atoms with Crippen LogP contribution in [0.3, 0.4) is 0 Å². The molecule has 1 rings (SSSR count). The van der Waals surface area contributed by atoms with E-state index in [-0.39, 0.29) is 0 Å². The number of rotatable bonds is 2. The maximum Gasteiger partial charge on any atom is 0.115 e. The lowest BCUT2D eigenvalue weighted by Crippen LogP contribution is -2.04. The lowest BCUT2D eigenvalue weighted by Gasteiger charge is -1.84. The summed E-state index contributed by atoms with van der Waals surface area (Å²) in [7, 11) is 1.88. The van der Waals surface area contributed by atoms with Crippen LogP contribution in [0, 0.1) is 11.8 Å². The highest BCUT2D eigenvalue weighted by Crippen LogP contribution is 1.98. The Labute approximate surface area is 66.6 Å². The largest absolute Gasteiger partial charge is 0.468 e. The highest BCUT2D eigenvalue weighted by Gasteiger charge is 1.88. The van der Waals surface area contributed by atoms with Gasteiger partial charge in [0.1, 0.15) is 5.76 Å². The maximum absolute atomic E-state index is 5.09. The summed E-state index contributed by atoms with van der Waals surface area (Å²) < 4.78 is 5.09. The van der Waals surface area contributed by atoms with Crippen LogP contribution in [0.2, 0.25) is 0 Å². The highest BCUT2D eigenvalue weighted by molar-refractivity contribution is 5.11. The summed E-state index contributed by atoms with van der Waals surface area (Å²) in [6.07, 6.45) is 2.36. The Hall–Kier alpha value is -1.20. The number of hydrogen-bond acceptors (Lipinski definition) is 2. The molecule has 11 heavy (non-hydrogen) atoms. The molecule has 2 nitrogen and oxygen atoms in total. The van der Waals surface area contributed by atoms with Crippen LogP contribution in [-0.4, -0.2) is 13.6 Å². The third-order valence-electron chi connectivity index (χ3n) is 1.23. The van der Waals surface area contributed by atoms with E-state index in [1.54, 1.807) is 6.26 Å². The monoisotopic (exact) mass is 149 g/mol. The Morgan fingerprint density at radius 3 is 3.09 bits per heavy atom. The molecule has 0 aliphatic rings. The van der Waals surface area contributed by atoms with Crippen molar-refractivity contribution in [3.8, 4) is 11.8 Å². The molecule has 0 aromatic carbocycles. The molecule has 0 atom stereocenters. The van der Waals surface area contributed by atoms with E-state index in [2.05, 4.69) is 17.2 Å². The van der Waals surface area contributed by atoms with Gasteiger partial charge in [-0.15, -0.1) is 0 Å². The van der Waals surface area contributed by atoms with Crippen molar-refractivity contribution in [2.45, 2.75) is 6.42 Å². The average molecular weight is 149 g/mol. The summed E-state index contributed by atoms with van der Waals surface area (Å²) in [5.74, 6) is 6.86. The Kier molecular flexibility index (Phi) is 3.30. The first-order valence-electron chi connectivity index (χ1n) is 3.56. The van der Waals surface area contributed by atoms with Crippen molar-refractivity contribution in [1.82, 2.24) is 5.32 Å². The number of hydrogen-bond donors (Lipinski definition) is 1. The predicted molar refractivity (Wildman–Crippen MR) is 44.1 cm³/mol. The molecule has 58 valence electrons. The summed E-state index contributed by atoms with van der Waals surface area (Å²) >= 11 is 0. The third-order valence-corrected chi connectivity index (χ3v) is 1.23. The van der Waals surface area contributed by atoms with E-state index < -0.39 is 0 Å². The van der Waals surface area contributed by atoms with Gasteiger partial charge in [-0.3, -0.25) is 0 Å². The van der Waals surface area contributed by atoms with Gasteiger partial charge in [-0.25, -0.2) is 0 Å². The quantitative estimate of drug-likeness (QED) is 0.636. The van der Waals surface area contributed by atoms with Crippen LogP contribution in [0.4, 0.5) is 0 Å². The lowest BCUT2D eigenvalue weighted by molar-refractivity contribution is 0.525. The van der Waals surface area contributed by atoms with E-state index in [9.17, 15) is 0 Å². The lowest BCUT2D eigenvalue weighted by atomic mass is 10.3. The molecule has 1 aromatic rings. The fourth-order valence-electron chi connectivity index (χ4n) is 0.714. The molecule has 0 saturated heterocycles. The van der Waals surface area contributed by atoms with E-state index in [0.29, 0.717) is 6.42 Å². The molecule has 0 fully saturated rings. The van der Waals surface area contributed by atoms with Gasteiger partial charge >= 0.3 is 0 Å². The van der Waals surface area contributed by atoms with Crippen LogP contribution in [0.1, 0.15) is 5.76 Å². The Morgan fingerprint density at radius 2 is 2.45 bits per heavy atom. The number of furan rings is 1. The number of nitrogens with one attached hydrogen (secondary N) is 1. The Morgan fingerprint density at radius 1 is 1.55 bits per heavy atom. The zero-order valence-electron chi connectivity index (χ0n) is 6.55. The molecule has 1 N–H and O–H groups in total. The van der Waals surface area contributed by atoms with Crippen LogP contribution >= 0.6 is 0 Å². The molecule has 0 spiro atoms. The van der Waals surface area contributed by atoms with Crippen molar-refractivity contribution in [2.75, 3.05) is 13.6 Å². The molecular weight excluding hydrogens is 138 g/mol. The van der Waals surface area contributed by atoms with Gasteiger partial charge in [-0.1, -0.05) is 11.8 Å². The summed E-state index contributed by atoms with van der Waals surface area (Å²) in [5.41, 5.74) is 0. The van der Waals surface area contributed by atoms with Crippen LogP contribution < -0.4 is 5.32 Å². The summed E-state index contributed by atoms with van der Waals surface area (Å²) in [6.45, 7) is 0.737. The van der Waals surface area contributed by atoms with E-state index in [1.165, 1.54) is 0 Å². The molecule has 0 aliphatic heterocycles. The maximum atomic E-state index is 5.09. The van der Waals surface area contributed by atoms with Crippen molar-refractivity contribution in [3.05, 3.63) is 24.2 Å². The van der Waals surface area contributed by atoms with E-state index in [4.69, 9.17) is 4.42 Å². The van der Waals surface area contributed by atoms with Gasteiger partial charge in [0.15, 0.2) is 0 Å². The van der Waals surface area contributed by atoms with Gasteiger partial charge < -0.3 is 9.73 Å². The topological polar surface area (TPSA) is 25.2 Å². The molecule has 0 saturated carbocycles. The fourth-order valence-corrected chi connectivity index (χ4v) is 0.714. The standard InChI is InChI=1S/C9H11NO/c1-10-7-3-2-5-9-6-4-8-11-9/h4,6,8,10H,5,7H2,1H3. The van der Waals surface area contributed by atoms with E-state index in [1.807, 2.05) is 19.2 Å². The third kappa shape index (κ3) is 2.92. The molecule has 1 heterocycles. The minimum Gasteiger partial charge on any atom is -0.468 e. The van der Waals surface area contributed by atoms with Gasteiger partial charge in [-0.05, 0) is 19.2 Å². The average Bonchev–Trinajstić information content (AvgIpc) is 2.50. The SMILES string of the molecule is CNCC#CCc1ccco1. The van der Waals surface area contributed by atoms with Gasteiger partial charge in [0.25, 0.3) is 0 Å². The molecule has 0 aliphatic carbocycles. The molecule has 0 amide bonds. The second-order valence-electron chi connectivity index (χ2n) is 2.14. The van der Waals surface area contributed by atoms with Gasteiger partial charge in [0.2, 0.25) is 0 Å². The molecule has 0 bridgehead atoms. The zero-order valence-corrected chi connectivity index (χ0v) is 6.55. The first-order chi connectivity index (χ1) is 5.43. The van der Waals surface area contributed by atoms with Crippen LogP contribution in [0.25, 0.3) is 0 Å². The zero-order chi connectivity index (χ0) is 7.94. The summed E-state index contributed by atoms with van der Waals surface area (Å²) in [5, 5.41) is 2.94. The van der Waals surface area contributed by atoms with Crippen molar-refractivity contribution in [2.24, 2.45) is 0 Å². The Bertz CT molecular complexity index is 240. The minimum atomic E-state index is 0.703.